The minimum Gasteiger partial charge on any atom is -0.497 e. The Morgan fingerprint density at radius 2 is 1.96 bits per heavy atom. The van der Waals surface area contributed by atoms with E-state index in [9.17, 15) is 4.79 Å². The van der Waals surface area contributed by atoms with Crippen LogP contribution in [0.2, 0.25) is 0 Å². The maximum Gasteiger partial charge on any atom is 0.251 e. The molecule has 2 rings (SSSR count). The van der Waals surface area contributed by atoms with Crippen LogP contribution in [-0.2, 0) is 6.54 Å². The second kappa shape index (κ2) is 10.2. The second-order valence-corrected chi connectivity index (χ2v) is 6.38. The molecule has 0 aliphatic heterocycles. The molecule has 0 saturated carbocycles. The fourth-order valence-corrected chi connectivity index (χ4v) is 2.49. The summed E-state index contributed by atoms with van der Waals surface area (Å²) >= 11 is 0. The Labute approximate surface area is 165 Å². The number of aliphatic imine (C=N–C) groups is 1. The zero-order chi connectivity index (χ0) is 20.5. The van der Waals surface area contributed by atoms with E-state index in [1.54, 1.807) is 38.5 Å². The van der Waals surface area contributed by atoms with Crippen molar-refractivity contribution < 1.29 is 14.3 Å². The Kier molecular flexibility index (Phi) is 7.68. The van der Waals surface area contributed by atoms with Gasteiger partial charge in [-0.2, -0.15) is 0 Å². The van der Waals surface area contributed by atoms with Gasteiger partial charge in [-0.05, 0) is 43.2 Å². The van der Waals surface area contributed by atoms with Gasteiger partial charge in [0.25, 0.3) is 5.91 Å². The van der Waals surface area contributed by atoms with Crippen LogP contribution in [0, 0.1) is 0 Å². The van der Waals surface area contributed by atoms with Crippen LogP contribution in [0.25, 0.3) is 0 Å². The molecule has 0 aromatic heterocycles. The zero-order valence-electron chi connectivity index (χ0n) is 16.8. The van der Waals surface area contributed by atoms with Gasteiger partial charge in [0.05, 0.1) is 26.5 Å². The molecule has 1 unspecified atom stereocenters. The van der Waals surface area contributed by atoms with E-state index in [2.05, 4.69) is 15.6 Å². The number of rotatable bonds is 8. The highest BCUT2D eigenvalue weighted by Gasteiger charge is 2.09. The number of carbonyl (C=O) groups is 1. The third-order valence-electron chi connectivity index (χ3n) is 4.28. The molecule has 2 aromatic rings. The fraction of sp³-hybridized carbons (Fsp3) is 0.333. The van der Waals surface area contributed by atoms with Crippen molar-refractivity contribution in [1.82, 2.24) is 5.32 Å². The van der Waals surface area contributed by atoms with E-state index in [4.69, 9.17) is 15.2 Å². The predicted molar refractivity (Wildman–Crippen MR) is 112 cm³/mol. The lowest BCUT2D eigenvalue weighted by molar-refractivity contribution is 0.0939. The minimum atomic E-state index is -0.0904. The maximum atomic E-state index is 12.3. The molecule has 1 amide bonds. The molecule has 0 fully saturated rings. The molecular weight excluding hydrogens is 356 g/mol. The Morgan fingerprint density at radius 1 is 1.18 bits per heavy atom. The molecular formula is C21H28N4O3. The van der Waals surface area contributed by atoms with Gasteiger partial charge < -0.3 is 25.8 Å². The number of nitrogens with zero attached hydrogens (tertiary/aromatic N) is 1. The van der Waals surface area contributed by atoms with Crippen molar-refractivity contribution in [2.24, 2.45) is 10.7 Å². The summed E-state index contributed by atoms with van der Waals surface area (Å²) in [6.07, 6.45) is 0.881. The highest BCUT2D eigenvalue weighted by molar-refractivity contribution is 5.95. The van der Waals surface area contributed by atoms with Crippen LogP contribution < -0.4 is 25.8 Å². The van der Waals surface area contributed by atoms with Crippen LogP contribution in [0.4, 0.5) is 5.69 Å². The van der Waals surface area contributed by atoms with E-state index in [0.29, 0.717) is 29.3 Å². The Bertz CT molecular complexity index is 836. The number of hydrogen-bond acceptors (Lipinski definition) is 4. The van der Waals surface area contributed by atoms with Crippen molar-refractivity contribution in [3.8, 4) is 11.5 Å². The summed E-state index contributed by atoms with van der Waals surface area (Å²) in [5, 5.41) is 5.98. The molecule has 0 aliphatic rings. The minimum absolute atomic E-state index is 0.0904. The molecule has 28 heavy (non-hydrogen) atoms. The van der Waals surface area contributed by atoms with Crippen LogP contribution in [0.5, 0.6) is 11.5 Å². The van der Waals surface area contributed by atoms with Crippen molar-refractivity contribution in [3.63, 3.8) is 0 Å². The van der Waals surface area contributed by atoms with Gasteiger partial charge in [-0.25, -0.2) is 4.99 Å². The molecule has 1 atom stereocenters. The number of ether oxygens (including phenoxy) is 2. The topological polar surface area (TPSA) is 98.0 Å². The number of carbonyl (C=O) groups excluding carboxylic acids is 1. The van der Waals surface area contributed by atoms with Crippen molar-refractivity contribution in [2.45, 2.75) is 32.9 Å². The van der Waals surface area contributed by atoms with Crippen LogP contribution in [0.15, 0.2) is 47.5 Å². The molecule has 150 valence electrons. The Morgan fingerprint density at radius 3 is 2.64 bits per heavy atom. The van der Waals surface area contributed by atoms with Crippen LogP contribution in [0.1, 0.15) is 36.2 Å². The molecule has 0 saturated heterocycles. The number of anilines is 1. The summed E-state index contributed by atoms with van der Waals surface area (Å²) in [5.74, 6) is 1.45. The number of amides is 1. The second-order valence-electron chi connectivity index (χ2n) is 6.38. The molecule has 7 nitrogen and oxygen atoms in total. The monoisotopic (exact) mass is 384 g/mol. The van der Waals surface area contributed by atoms with Gasteiger partial charge in [-0.15, -0.1) is 0 Å². The molecule has 0 heterocycles. The molecule has 4 N–H and O–H groups in total. The Balaban J connectivity index is 2.07. The zero-order valence-corrected chi connectivity index (χ0v) is 16.8. The first-order chi connectivity index (χ1) is 13.5. The summed E-state index contributed by atoms with van der Waals surface area (Å²) in [4.78, 5) is 16.6. The summed E-state index contributed by atoms with van der Waals surface area (Å²) < 4.78 is 10.5. The van der Waals surface area contributed by atoms with E-state index in [0.717, 1.165) is 12.0 Å². The molecule has 0 spiro atoms. The number of benzene rings is 2. The first-order valence-electron chi connectivity index (χ1n) is 9.15. The molecule has 0 radical (unpaired) electrons. The van der Waals surface area contributed by atoms with Gasteiger partial charge in [0, 0.05) is 17.7 Å². The quantitative estimate of drug-likeness (QED) is 0.480. The largest absolute Gasteiger partial charge is 0.497 e. The van der Waals surface area contributed by atoms with Gasteiger partial charge in [0.2, 0.25) is 0 Å². The van der Waals surface area contributed by atoms with Crippen LogP contribution >= 0.6 is 0 Å². The highest BCUT2D eigenvalue weighted by Crippen LogP contribution is 2.28. The number of guanidine groups is 1. The van der Waals surface area contributed by atoms with Gasteiger partial charge in [-0.3, -0.25) is 4.79 Å². The molecule has 2 aromatic carbocycles. The predicted octanol–water partition coefficient (Wildman–Crippen LogP) is 3.16. The number of nitrogens with one attached hydrogen (secondary N) is 2. The molecule has 0 bridgehead atoms. The standard InChI is InChI=1S/C21H28N4O3/c1-5-14(2)24-20(26)16-8-6-7-15(11-16)13-23-21(22)25-18-12-17(27-3)9-10-19(18)28-4/h6-12,14H,5,13H2,1-4H3,(H,24,26)(H3,22,23,25). The summed E-state index contributed by atoms with van der Waals surface area (Å²) in [7, 11) is 3.17. The van der Waals surface area contributed by atoms with E-state index in [-0.39, 0.29) is 17.9 Å². The van der Waals surface area contributed by atoms with Gasteiger partial charge in [-0.1, -0.05) is 19.1 Å². The average Bonchev–Trinajstić information content (AvgIpc) is 2.72. The van der Waals surface area contributed by atoms with E-state index >= 15 is 0 Å². The van der Waals surface area contributed by atoms with E-state index in [1.165, 1.54) is 0 Å². The van der Waals surface area contributed by atoms with Gasteiger partial charge in [0.15, 0.2) is 5.96 Å². The lowest BCUT2D eigenvalue weighted by atomic mass is 10.1. The number of methoxy groups -OCH3 is 2. The lowest BCUT2D eigenvalue weighted by Gasteiger charge is -2.12. The smallest absolute Gasteiger partial charge is 0.251 e. The normalized spacial score (nSPS) is 12.2. The third kappa shape index (κ3) is 5.90. The van der Waals surface area contributed by atoms with Crippen molar-refractivity contribution >= 4 is 17.6 Å². The lowest BCUT2D eigenvalue weighted by Crippen LogP contribution is -2.31. The first-order valence-corrected chi connectivity index (χ1v) is 9.15. The van der Waals surface area contributed by atoms with Crippen LogP contribution in [0.3, 0.4) is 0 Å². The average molecular weight is 384 g/mol. The molecule has 7 heteroatoms. The van der Waals surface area contributed by atoms with E-state index in [1.807, 2.05) is 32.0 Å². The SMILES string of the molecule is CCC(C)NC(=O)c1cccc(CN=C(N)Nc2cc(OC)ccc2OC)c1. The van der Waals surface area contributed by atoms with Crippen molar-refractivity contribution in [2.75, 3.05) is 19.5 Å². The van der Waals surface area contributed by atoms with Crippen LogP contribution in [-0.4, -0.2) is 32.1 Å². The number of hydrogen-bond donors (Lipinski definition) is 3. The van der Waals surface area contributed by atoms with Gasteiger partial charge >= 0.3 is 0 Å². The van der Waals surface area contributed by atoms with Crippen molar-refractivity contribution in [1.29, 1.82) is 0 Å². The third-order valence-corrected chi connectivity index (χ3v) is 4.28. The molecule has 0 aliphatic carbocycles. The van der Waals surface area contributed by atoms with Gasteiger partial charge in [0.1, 0.15) is 11.5 Å². The van der Waals surface area contributed by atoms with E-state index < -0.39 is 0 Å². The summed E-state index contributed by atoms with van der Waals surface area (Å²) in [6.45, 7) is 4.35. The highest BCUT2D eigenvalue weighted by atomic mass is 16.5. The maximum absolute atomic E-state index is 12.3. The fourth-order valence-electron chi connectivity index (χ4n) is 2.49. The summed E-state index contributed by atoms with van der Waals surface area (Å²) in [5.41, 5.74) is 8.16. The number of nitrogens with two attached hydrogens (primary N) is 1. The summed E-state index contributed by atoms with van der Waals surface area (Å²) in [6, 6.07) is 12.8. The van der Waals surface area contributed by atoms with Crippen molar-refractivity contribution in [3.05, 3.63) is 53.6 Å². The first kappa shape index (κ1) is 21.1. The Hall–Kier alpha value is -3.22.